The van der Waals surface area contributed by atoms with Gasteiger partial charge in [-0.2, -0.15) is 35.3 Å². The normalized spacial score (nSPS) is 10.8. The summed E-state index contributed by atoms with van der Waals surface area (Å²) in [5.41, 5.74) is 4.39. The average molecular weight is 390 g/mol. The molecule has 0 amide bonds. The van der Waals surface area contributed by atoms with Gasteiger partial charge >= 0.3 is 5.78 Å². The molecule has 1 aromatic carbocycles. The number of hydrogen-bond donors (Lipinski definition) is 0. The van der Waals surface area contributed by atoms with Crippen molar-refractivity contribution in [1.82, 2.24) is 14.0 Å². The molecule has 0 aliphatic carbocycles. The molecular formula is C19H17N4Y-. The van der Waals surface area contributed by atoms with Crippen molar-refractivity contribution in [3.63, 3.8) is 0 Å². The van der Waals surface area contributed by atoms with Crippen LogP contribution in [-0.2, 0) is 39.8 Å². The molecule has 3 aromatic heterocycles. The van der Waals surface area contributed by atoms with Gasteiger partial charge in [0.15, 0.2) is 5.82 Å². The molecule has 0 bridgehead atoms. The molecule has 5 heteroatoms. The number of rotatable bonds is 2. The van der Waals surface area contributed by atoms with Gasteiger partial charge in [0, 0.05) is 51.3 Å². The van der Waals surface area contributed by atoms with Crippen LogP contribution < -0.4 is 4.57 Å². The van der Waals surface area contributed by atoms with Crippen molar-refractivity contribution in [2.75, 3.05) is 0 Å². The largest absolute Gasteiger partial charge is 0.325 e. The molecule has 24 heavy (non-hydrogen) atoms. The Bertz CT molecular complexity index is 999. The van der Waals surface area contributed by atoms with E-state index in [-0.39, 0.29) is 32.7 Å². The quantitative estimate of drug-likeness (QED) is 0.382. The van der Waals surface area contributed by atoms with Crippen molar-refractivity contribution >= 4 is 5.78 Å². The number of aryl methyl sites for hydroxylation is 2. The molecule has 4 nitrogen and oxygen atoms in total. The summed E-state index contributed by atoms with van der Waals surface area (Å²) >= 11 is 0. The van der Waals surface area contributed by atoms with Crippen LogP contribution in [0, 0.1) is 26.0 Å². The Hall–Kier alpha value is -1.78. The standard InChI is InChI=1S/C19H17N4.Y/c1-14-15(2)23(19-20-11-13-22(14)19)18-17(10-7-12-21(18)3)16-8-5-4-6-9-16;/h4-8,11-13H,1-3H3;/q-1;. The first-order chi connectivity index (χ1) is 11.2. The minimum atomic E-state index is 0. The molecule has 3 heterocycles. The number of imidazole rings is 2. The van der Waals surface area contributed by atoms with Gasteiger partial charge in [0.05, 0.1) is 12.7 Å². The SMILES string of the molecule is Cc1c(C)n2ccnc2n1-c1c(-c2[c-]cccc2)[c-]cc[n+]1C.[Y]. The van der Waals surface area contributed by atoms with E-state index in [9.17, 15) is 0 Å². The Labute approximate surface area is 166 Å². The van der Waals surface area contributed by atoms with E-state index in [1.165, 1.54) is 11.4 Å². The predicted octanol–water partition coefficient (Wildman–Crippen LogP) is 2.83. The summed E-state index contributed by atoms with van der Waals surface area (Å²) in [4.78, 5) is 4.54. The van der Waals surface area contributed by atoms with Crippen molar-refractivity contribution in [3.8, 4) is 16.9 Å². The van der Waals surface area contributed by atoms with Crippen LogP contribution in [-0.4, -0.2) is 14.0 Å². The zero-order chi connectivity index (χ0) is 16.0. The molecule has 0 aliphatic rings. The van der Waals surface area contributed by atoms with E-state index in [1.807, 2.05) is 49.9 Å². The first-order valence-electron chi connectivity index (χ1n) is 7.57. The van der Waals surface area contributed by atoms with Crippen LogP contribution in [0.3, 0.4) is 0 Å². The van der Waals surface area contributed by atoms with E-state index in [2.05, 4.69) is 50.6 Å². The van der Waals surface area contributed by atoms with Crippen LogP contribution in [0.5, 0.6) is 0 Å². The van der Waals surface area contributed by atoms with Gasteiger partial charge in [-0.15, -0.1) is 17.7 Å². The summed E-state index contributed by atoms with van der Waals surface area (Å²) in [5, 5.41) is 0. The van der Waals surface area contributed by atoms with Gasteiger partial charge in [0.2, 0.25) is 0 Å². The number of aromatic nitrogens is 4. The monoisotopic (exact) mass is 390 g/mol. The molecular weight excluding hydrogens is 373 g/mol. The molecule has 0 spiro atoms. The zero-order valence-corrected chi connectivity index (χ0v) is 16.8. The van der Waals surface area contributed by atoms with Crippen molar-refractivity contribution in [3.05, 3.63) is 72.4 Å². The smallest absolute Gasteiger partial charge is 0.301 e. The summed E-state index contributed by atoms with van der Waals surface area (Å²) in [6.45, 7) is 4.23. The Balaban J connectivity index is 0.00000169. The van der Waals surface area contributed by atoms with E-state index >= 15 is 0 Å². The Morgan fingerprint density at radius 3 is 2.67 bits per heavy atom. The molecule has 0 saturated carbocycles. The van der Waals surface area contributed by atoms with Gasteiger partial charge < -0.3 is 4.57 Å². The number of hydrogen-bond acceptors (Lipinski definition) is 1. The van der Waals surface area contributed by atoms with Crippen molar-refractivity contribution < 1.29 is 37.3 Å². The second kappa shape index (κ2) is 6.62. The molecule has 4 rings (SSSR count). The second-order valence-corrected chi connectivity index (χ2v) is 5.65. The van der Waals surface area contributed by atoms with Crippen LogP contribution in [0.2, 0.25) is 0 Å². The molecule has 0 aliphatic heterocycles. The number of pyridine rings is 1. The van der Waals surface area contributed by atoms with Crippen LogP contribution in [0.1, 0.15) is 11.4 Å². The van der Waals surface area contributed by atoms with E-state index in [0.717, 1.165) is 22.7 Å². The van der Waals surface area contributed by atoms with Crippen LogP contribution >= 0.6 is 0 Å². The van der Waals surface area contributed by atoms with Crippen molar-refractivity contribution in [2.45, 2.75) is 13.8 Å². The van der Waals surface area contributed by atoms with E-state index in [1.54, 1.807) is 0 Å². The molecule has 0 fully saturated rings. The van der Waals surface area contributed by atoms with Crippen LogP contribution in [0.15, 0.2) is 48.9 Å². The van der Waals surface area contributed by atoms with Gasteiger partial charge in [-0.25, -0.2) is 10.1 Å². The summed E-state index contributed by atoms with van der Waals surface area (Å²) in [6, 6.07) is 16.6. The number of fused-ring (bicyclic) bond motifs is 1. The molecule has 117 valence electrons. The van der Waals surface area contributed by atoms with Crippen molar-refractivity contribution in [2.24, 2.45) is 7.05 Å². The van der Waals surface area contributed by atoms with Gasteiger partial charge in [-0.3, -0.25) is 4.40 Å². The van der Waals surface area contributed by atoms with Gasteiger partial charge in [0.25, 0.3) is 0 Å². The summed E-state index contributed by atoms with van der Waals surface area (Å²) in [7, 11) is 2.05. The number of nitrogens with zero attached hydrogens (tertiary/aromatic N) is 4. The molecule has 1 radical (unpaired) electrons. The van der Waals surface area contributed by atoms with E-state index in [0.29, 0.717) is 0 Å². The summed E-state index contributed by atoms with van der Waals surface area (Å²) in [6.07, 6.45) is 5.84. The fourth-order valence-electron chi connectivity index (χ4n) is 3.02. The third-order valence-electron chi connectivity index (χ3n) is 4.32. The predicted molar refractivity (Wildman–Crippen MR) is 88.3 cm³/mol. The van der Waals surface area contributed by atoms with Crippen LogP contribution in [0.4, 0.5) is 0 Å². The third-order valence-corrected chi connectivity index (χ3v) is 4.32. The maximum absolute atomic E-state index is 4.54. The Morgan fingerprint density at radius 2 is 1.92 bits per heavy atom. The minimum absolute atomic E-state index is 0. The fourth-order valence-corrected chi connectivity index (χ4v) is 3.02. The Kier molecular flexibility index (Phi) is 4.70. The molecule has 0 unspecified atom stereocenters. The molecule has 0 atom stereocenters. The van der Waals surface area contributed by atoms with Gasteiger partial charge in [0.1, 0.15) is 5.69 Å². The minimum Gasteiger partial charge on any atom is -0.325 e. The van der Waals surface area contributed by atoms with Crippen molar-refractivity contribution in [1.29, 1.82) is 0 Å². The first-order valence-corrected chi connectivity index (χ1v) is 7.57. The topological polar surface area (TPSA) is 26.1 Å². The summed E-state index contributed by atoms with van der Waals surface area (Å²) < 4.78 is 6.40. The molecule has 0 saturated heterocycles. The van der Waals surface area contributed by atoms with E-state index < -0.39 is 0 Å². The maximum Gasteiger partial charge on any atom is 0.301 e. The van der Waals surface area contributed by atoms with Crippen LogP contribution in [0.25, 0.3) is 22.7 Å². The van der Waals surface area contributed by atoms with Gasteiger partial charge in [-0.05, 0) is 13.8 Å². The second-order valence-electron chi connectivity index (χ2n) is 5.65. The van der Waals surface area contributed by atoms with E-state index in [4.69, 9.17) is 0 Å². The summed E-state index contributed by atoms with van der Waals surface area (Å²) in [5.74, 6) is 1.95. The fraction of sp³-hybridized carbons (Fsp3) is 0.158. The Morgan fingerprint density at radius 1 is 1.08 bits per heavy atom. The number of benzene rings is 1. The molecule has 0 N–H and O–H groups in total. The maximum atomic E-state index is 4.54. The zero-order valence-electron chi connectivity index (χ0n) is 14.0. The van der Waals surface area contributed by atoms with Gasteiger partial charge in [-0.1, -0.05) is 0 Å². The first kappa shape index (κ1) is 17.1. The average Bonchev–Trinajstić information content (AvgIpc) is 3.13. The third kappa shape index (κ3) is 2.54. The molecule has 4 aromatic rings.